The summed E-state index contributed by atoms with van der Waals surface area (Å²) in [6, 6.07) is 1.44. The van der Waals surface area contributed by atoms with Gasteiger partial charge in [0.1, 0.15) is 16.2 Å². The summed E-state index contributed by atoms with van der Waals surface area (Å²) >= 11 is 0.699. The lowest BCUT2D eigenvalue weighted by Crippen LogP contribution is -2.34. The summed E-state index contributed by atoms with van der Waals surface area (Å²) < 4.78 is 66.9. The molecule has 1 aliphatic carbocycles. The highest BCUT2D eigenvalue weighted by Crippen LogP contribution is 2.37. The van der Waals surface area contributed by atoms with Crippen LogP contribution < -0.4 is 9.46 Å². The minimum absolute atomic E-state index is 0.0206. The molecule has 0 saturated heterocycles. The smallest absolute Gasteiger partial charge is 0.291 e. The molecule has 0 aromatic carbocycles. The first-order valence-electron chi connectivity index (χ1n) is 9.51. The highest BCUT2D eigenvalue weighted by Gasteiger charge is 2.41. The average molecular weight is 474 g/mol. The number of methoxy groups -OCH3 is 1. The number of ether oxygens (including phenoxy) is 2. The lowest BCUT2D eigenvalue weighted by Gasteiger charge is -2.15. The van der Waals surface area contributed by atoms with Gasteiger partial charge in [-0.3, -0.25) is 4.40 Å². The number of aromatic nitrogens is 4. The topological polar surface area (TPSA) is 108 Å². The molecule has 1 aliphatic rings. The van der Waals surface area contributed by atoms with E-state index in [-0.39, 0.29) is 15.7 Å². The summed E-state index contributed by atoms with van der Waals surface area (Å²) in [6.45, 7) is 2.62. The Morgan fingerprint density at radius 3 is 2.74 bits per heavy atom. The molecule has 1 saturated carbocycles. The SMILES string of the molecule is COCCCOc1cc(S(=O)(=O)NC2(C)CC2)cn2c(-c3nnc(C(F)F)s3)ncc12. The first kappa shape index (κ1) is 22.0. The van der Waals surface area contributed by atoms with Crippen LogP contribution >= 0.6 is 11.3 Å². The van der Waals surface area contributed by atoms with Crippen molar-refractivity contribution in [1.29, 1.82) is 0 Å². The van der Waals surface area contributed by atoms with Crippen molar-refractivity contribution in [3.63, 3.8) is 0 Å². The Labute approximate surface area is 181 Å². The van der Waals surface area contributed by atoms with E-state index in [0.717, 1.165) is 12.8 Å². The van der Waals surface area contributed by atoms with Gasteiger partial charge in [-0.25, -0.2) is 26.9 Å². The molecule has 0 unspecified atom stereocenters. The van der Waals surface area contributed by atoms with E-state index in [9.17, 15) is 17.2 Å². The van der Waals surface area contributed by atoms with Crippen LogP contribution in [0.4, 0.5) is 8.78 Å². The second-order valence-corrected chi connectivity index (χ2v) is 10.2. The van der Waals surface area contributed by atoms with Gasteiger partial charge < -0.3 is 9.47 Å². The molecule has 0 atom stereocenters. The summed E-state index contributed by atoms with van der Waals surface area (Å²) in [5.74, 6) is 0.508. The highest BCUT2D eigenvalue weighted by molar-refractivity contribution is 7.89. The number of imidazole rings is 1. The van der Waals surface area contributed by atoms with Gasteiger partial charge in [-0.2, -0.15) is 0 Å². The Morgan fingerprint density at radius 1 is 1.32 bits per heavy atom. The Kier molecular flexibility index (Phi) is 5.94. The van der Waals surface area contributed by atoms with Gasteiger partial charge in [0.15, 0.2) is 15.8 Å². The lowest BCUT2D eigenvalue weighted by atomic mass is 10.3. The van der Waals surface area contributed by atoms with Crippen molar-refractivity contribution in [3.05, 3.63) is 23.5 Å². The molecule has 31 heavy (non-hydrogen) atoms. The third-order valence-electron chi connectivity index (χ3n) is 4.84. The molecule has 1 fully saturated rings. The molecule has 0 spiro atoms. The van der Waals surface area contributed by atoms with Crippen molar-refractivity contribution < 1.29 is 26.7 Å². The maximum atomic E-state index is 13.0. The highest BCUT2D eigenvalue weighted by atomic mass is 32.2. The number of alkyl halides is 2. The molecule has 1 N–H and O–H groups in total. The van der Waals surface area contributed by atoms with Crippen molar-refractivity contribution >= 4 is 26.9 Å². The van der Waals surface area contributed by atoms with Crippen LogP contribution in [-0.2, 0) is 14.8 Å². The quantitative estimate of drug-likeness (QED) is 0.451. The summed E-state index contributed by atoms with van der Waals surface area (Å²) in [5.41, 5.74) is 0.0222. The van der Waals surface area contributed by atoms with E-state index in [4.69, 9.17) is 9.47 Å². The molecular weight excluding hydrogens is 452 g/mol. The van der Waals surface area contributed by atoms with Crippen molar-refractivity contribution in [2.45, 2.75) is 43.0 Å². The number of pyridine rings is 1. The number of hydrogen-bond acceptors (Lipinski definition) is 8. The van der Waals surface area contributed by atoms with Crippen LogP contribution in [-0.4, -0.2) is 53.9 Å². The molecular formula is C18H21F2N5O4S2. The number of nitrogens with zero attached hydrogens (tertiary/aromatic N) is 4. The minimum atomic E-state index is -3.85. The standard InChI is InChI=1S/C18H21F2N5O4S2/c1-18(4-5-18)24-31(26,27)11-8-13(29-7-3-6-28-2)12-9-21-15(25(12)10-11)17-23-22-16(30-17)14(19)20/h8-10,14,24H,3-7H2,1-2H3. The molecule has 4 rings (SSSR count). The van der Waals surface area contributed by atoms with Gasteiger partial charge in [0, 0.05) is 37.9 Å². The van der Waals surface area contributed by atoms with E-state index in [1.54, 1.807) is 7.11 Å². The molecule has 13 heteroatoms. The van der Waals surface area contributed by atoms with Crippen LogP contribution in [0.3, 0.4) is 0 Å². The predicted octanol–water partition coefficient (Wildman–Crippen LogP) is 3.04. The van der Waals surface area contributed by atoms with Crippen molar-refractivity contribution in [1.82, 2.24) is 24.3 Å². The third kappa shape index (κ3) is 4.68. The monoisotopic (exact) mass is 473 g/mol. The van der Waals surface area contributed by atoms with Crippen molar-refractivity contribution in [3.8, 4) is 16.6 Å². The molecule has 0 aliphatic heterocycles. The lowest BCUT2D eigenvalue weighted by molar-refractivity contribution is 0.150. The average Bonchev–Trinajstić information content (AvgIpc) is 3.12. The van der Waals surface area contributed by atoms with E-state index in [2.05, 4.69) is 19.9 Å². The van der Waals surface area contributed by atoms with Gasteiger partial charge in [0.2, 0.25) is 10.0 Å². The zero-order valence-electron chi connectivity index (χ0n) is 16.8. The van der Waals surface area contributed by atoms with Gasteiger partial charge in [-0.1, -0.05) is 11.3 Å². The molecule has 0 amide bonds. The van der Waals surface area contributed by atoms with E-state index in [0.29, 0.717) is 42.2 Å². The van der Waals surface area contributed by atoms with Gasteiger partial charge in [0.25, 0.3) is 6.43 Å². The number of fused-ring (bicyclic) bond motifs is 1. The number of rotatable bonds is 10. The number of hydrogen-bond donors (Lipinski definition) is 1. The van der Waals surface area contributed by atoms with Crippen LogP contribution in [0.5, 0.6) is 5.75 Å². The second-order valence-electron chi connectivity index (χ2n) is 7.48. The number of sulfonamides is 1. The maximum Gasteiger partial charge on any atom is 0.291 e. The van der Waals surface area contributed by atoms with Crippen LogP contribution in [0.2, 0.25) is 0 Å². The van der Waals surface area contributed by atoms with Crippen LogP contribution in [0.25, 0.3) is 16.3 Å². The Bertz CT molecular complexity index is 1190. The second kappa shape index (κ2) is 8.37. The number of halogens is 2. The summed E-state index contributed by atoms with van der Waals surface area (Å²) in [7, 11) is -2.27. The van der Waals surface area contributed by atoms with Gasteiger partial charge in [0.05, 0.1) is 12.8 Å². The Balaban J connectivity index is 1.78. The molecule has 3 aromatic rings. The third-order valence-corrected chi connectivity index (χ3v) is 7.37. The molecule has 168 valence electrons. The van der Waals surface area contributed by atoms with E-state index < -0.39 is 27.0 Å². The summed E-state index contributed by atoms with van der Waals surface area (Å²) in [4.78, 5) is 4.24. The maximum absolute atomic E-state index is 13.0. The zero-order chi connectivity index (χ0) is 22.2. The van der Waals surface area contributed by atoms with Crippen molar-refractivity contribution in [2.24, 2.45) is 0 Å². The van der Waals surface area contributed by atoms with E-state index in [1.807, 2.05) is 6.92 Å². The molecule has 3 heterocycles. The van der Waals surface area contributed by atoms with Crippen LogP contribution in [0, 0.1) is 0 Å². The molecule has 3 aromatic heterocycles. The van der Waals surface area contributed by atoms with E-state index >= 15 is 0 Å². The first-order valence-corrected chi connectivity index (χ1v) is 11.8. The molecule has 9 nitrogen and oxygen atoms in total. The fourth-order valence-corrected chi connectivity index (χ4v) is 5.10. The minimum Gasteiger partial charge on any atom is -0.491 e. The van der Waals surface area contributed by atoms with Crippen LogP contribution in [0.15, 0.2) is 23.4 Å². The Morgan fingerprint density at radius 2 is 2.10 bits per heavy atom. The van der Waals surface area contributed by atoms with E-state index in [1.165, 1.54) is 22.9 Å². The zero-order valence-corrected chi connectivity index (χ0v) is 18.5. The summed E-state index contributed by atoms with van der Waals surface area (Å²) in [6.07, 6.45) is 2.23. The van der Waals surface area contributed by atoms with Gasteiger partial charge in [-0.15, -0.1) is 10.2 Å². The first-order chi connectivity index (χ1) is 14.7. The number of nitrogens with one attached hydrogen (secondary N) is 1. The largest absolute Gasteiger partial charge is 0.491 e. The van der Waals surface area contributed by atoms with Crippen molar-refractivity contribution in [2.75, 3.05) is 20.3 Å². The summed E-state index contributed by atoms with van der Waals surface area (Å²) in [5, 5.41) is 6.99. The normalized spacial score (nSPS) is 15.6. The molecule has 0 radical (unpaired) electrons. The Hall–Kier alpha value is -2.22. The predicted molar refractivity (Wildman–Crippen MR) is 109 cm³/mol. The van der Waals surface area contributed by atoms with Crippen LogP contribution in [0.1, 0.15) is 37.6 Å². The van der Waals surface area contributed by atoms with Gasteiger partial charge in [-0.05, 0) is 19.8 Å². The van der Waals surface area contributed by atoms with Gasteiger partial charge >= 0.3 is 0 Å². The fraction of sp³-hybridized carbons (Fsp3) is 0.500. The fourth-order valence-electron chi connectivity index (χ4n) is 2.93. The molecule has 0 bridgehead atoms.